The number of ether oxygens (including phenoxy) is 1. The normalized spacial score (nSPS) is 17.7. The van der Waals surface area contributed by atoms with Crippen LogP contribution in [0.2, 0.25) is 0 Å². The summed E-state index contributed by atoms with van der Waals surface area (Å²) in [6.45, 7) is 1.70. The molecule has 28 heavy (non-hydrogen) atoms. The van der Waals surface area contributed by atoms with Crippen LogP contribution in [0.15, 0.2) is 23.1 Å². The van der Waals surface area contributed by atoms with Gasteiger partial charge in [0.05, 0.1) is 18.0 Å². The van der Waals surface area contributed by atoms with Gasteiger partial charge < -0.3 is 9.64 Å². The first-order chi connectivity index (χ1) is 13.2. The van der Waals surface area contributed by atoms with Crippen LogP contribution in [0, 0.1) is 5.92 Å². The standard InChI is InChI=1S/C17H19F3N4O4/c1-2-28-15(26)11-5-3-7-22(9-11)13(25)10-24-16(27)23-8-4-6-12(23)14(21-24)17(18,19)20/h4,6,8,11H,2-3,5,7,9-10H2,1H3. The quantitative estimate of drug-likeness (QED) is 0.723. The Morgan fingerprint density at radius 1 is 1.36 bits per heavy atom. The average molecular weight is 400 g/mol. The molecule has 11 heteroatoms. The zero-order valence-electron chi connectivity index (χ0n) is 15.1. The number of halogens is 3. The van der Waals surface area contributed by atoms with Crippen LogP contribution in [0.5, 0.6) is 0 Å². The lowest BCUT2D eigenvalue weighted by molar-refractivity contribution is -0.151. The van der Waals surface area contributed by atoms with Crippen LogP contribution in [0.3, 0.4) is 0 Å². The first-order valence-corrected chi connectivity index (χ1v) is 8.82. The van der Waals surface area contributed by atoms with Crippen molar-refractivity contribution in [3.8, 4) is 0 Å². The Hall–Kier alpha value is -2.85. The minimum atomic E-state index is -4.78. The molecule has 0 aromatic carbocycles. The second-order valence-electron chi connectivity index (χ2n) is 6.48. The maximum absolute atomic E-state index is 13.3. The highest BCUT2D eigenvalue weighted by Crippen LogP contribution is 2.30. The predicted octanol–water partition coefficient (Wildman–Crippen LogP) is 1.32. The fourth-order valence-corrected chi connectivity index (χ4v) is 3.27. The van der Waals surface area contributed by atoms with Crippen molar-refractivity contribution < 1.29 is 27.5 Å². The Labute approximate surface area is 157 Å². The molecule has 1 atom stereocenters. The van der Waals surface area contributed by atoms with Crippen LogP contribution in [-0.2, 0) is 27.0 Å². The molecule has 2 aromatic heterocycles. The summed E-state index contributed by atoms with van der Waals surface area (Å²) >= 11 is 0. The van der Waals surface area contributed by atoms with Crippen LogP contribution in [-0.4, -0.2) is 50.7 Å². The van der Waals surface area contributed by atoms with Crippen molar-refractivity contribution in [1.29, 1.82) is 0 Å². The largest absolute Gasteiger partial charge is 0.466 e. The van der Waals surface area contributed by atoms with Crippen molar-refractivity contribution in [3.05, 3.63) is 34.5 Å². The molecule has 1 amide bonds. The Bertz CT molecular complexity index is 950. The molecule has 0 bridgehead atoms. The van der Waals surface area contributed by atoms with Gasteiger partial charge in [-0.1, -0.05) is 0 Å². The van der Waals surface area contributed by atoms with Gasteiger partial charge in [0.1, 0.15) is 6.54 Å². The molecule has 0 saturated carbocycles. The topological polar surface area (TPSA) is 85.9 Å². The van der Waals surface area contributed by atoms with Crippen LogP contribution in [0.4, 0.5) is 13.2 Å². The number of likely N-dealkylation sites (tertiary alicyclic amines) is 1. The van der Waals surface area contributed by atoms with E-state index in [1.807, 2.05) is 0 Å². The van der Waals surface area contributed by atoms with Crippen LogP contribution >= 0.6 is 0 Å². The molecule has 1 aliphatic rings. The molecule has 3 rings (SSSR count). The van der Waals surface area contributed by atoms with Crippen LogP contribution in [0.1, 0.15) is 25.5 Å². The van der Waals surface area contributed by atoms with E-state index in [-0.39, 0.29) is 18.7 Å². The maximum Gasteiger partial charge on any atom is 0.437 e. The van der Waals surface area contributed by atoms with E-state index < -0.39 is 41.9 Å². The van der Waals surface area contributed by atoms with E-state index in [0.29, 0.717) is 24.1 Å². The summed E-state index contributed by atoms with van der Waals surface area (Å²) in [5, 5.41) is 3.38. The maximum atomic E-state index is 13.3. The number of hydrogen-bond acceptors (Lipinski definition) is 5. The lowest BCUT2D eigenvalue weighted by Gasteiger charge is -2.31. The van der Waals surface area contributed by atoms with Gasteiger partial charge in [0.2, 0.25) is 5.91 Å². The summed E-state index contributed by atoms with van der Waals surface area (Å²) in [6, 6.07) is 2.44. The van der Waals surface area contributed by atoms with Gasteiger partial charge in [0.25, 0.3) is 0 Å². The number of rotatable bonds is 4. The van der Waals surface area contributed by atoms with Crippen molar-refractivity contribution in [2.75, 3.05) is 19.7 Å². The summed E-state index contributed by atoms with van der Waals surface area (Å²) in [7, 11) is 0. The molecular formula is C17H19F3N4O4. The van der Waals surface area contributed by atoms with Gasteiger partial charge in [-0.2, -0.15) is 18.3 Å². The first kappa shape index (κ1) is 19.9. The van der Waals surface area contributed by atoms with E-state index in [4.69, 9.17) is 4.74 Å². The van der Waals surface area contributed by atoms with Gasteiger partial charge in [-0.05, 0) is 31.9 Å². The van der Waals surface area contributed by atoms with Crippen LogP contribution in [0.25, 0.3) is 5.52 Å². The number of fused-ring (bicyclic) bond motifs is 1. The van der Waals surface area contributed by atoms with Crippen molar-refractivity contribution in [3.63, 3.8) is 0 Å². The monoisotopic (exact) mass is 400 g/mol. The Morgan fingerprint density at radius 3 is 2.79 bits per heavy atom. The zero-order valence-corrected chi connectivity index (χ0v) is 15.1. The van der Waals surface area contributed by atoms with Gasteiger partial charge in [-0.25, -0.2) is 9.48 Å². The third-order valence-electron chi connectivity index (χ3n) is 4.59. The van der Waals surface area contributed by atoms with E-state index >= 15 is 0 Å². The molecule has 1 aliphatic heterocycles. The second-order valence-corrected chi connectivity index (χ2v) is 6.48. The second kappa shape index (κ2) is 7.64. The van der Waals surface area contributed by atoms with E-state index in [0.717, 1.165) is 10.5 Å². The SMILES string of the molecule is CCOC(=O)C1CCCN(C(=O)Cn2nc(C(F)(F)F)c3cccn3c2=O)C1. The molecule has 0 spiro atoms. The molecule has 8 nitrogen and oxygen atoms in total. The van der Waals surface area contributed by atoms with E-state index in [9.17, 15) is 27.6 Å². The third kappa shape index (κ3) is 3.87. The fourth-order valence-electron chi connectivity index (χ4n) is 3.27. The van der Waals surface area contributed by atoms with Crippen molar-refractivity contribution in [2.24, 2.45) is 5.92 Å². The minimum absolute atomic E-state index is 0.101. The number of piperidine rings is 1. The Morgan fingerprint density at radius 2 is 2.11 bits per heavy atom. The minimum Gasteiger partial charge on any atom is -0.466 e. The lowest BCUT2D eigenvalue weighted by atomic mass is 9.98. The van der Waals surface area contributed by atoms with E-state index in [1.165, 1.54) is 17.2 Å². The average Bonchev–Trinajstić information content (AvgIpc) is 3.13. The van der Waals surface area contributed by atoms with Crippen LogP contribution < -0.4 is 5.69 Å². The number of nitrogens with zero attached hydrogens (tertiary/aromatic N) is 4. The molecule has 3 heterocycles. The van der Waals surface area contributed by atoms with Crippen molar-refractivity contribution >= 4 is 17.4 Å². The molecule has 1 fully saturated rings. The highest BCUT2D eigenvalue weighted by atomic mass is 19.4. The van der Waals surface area contributed by atoms with Gasteiger partial charge in [0.15, 0.2) is 5.69 Å². The smallest absolute Gasteiger partial charge is 0.437 e. The number of carbonyl (C=O) groups excluding carboxylic acids is 2. The number of aromatic nitrogens is 3. The van der Waals surface area contributed by atoms with Crippen molar-refractivity contribution in [1.82, 2.24) is 19.1 Å². The number of alkyl halides is 3. The number of carbonyl (C=O) groups is 2. The van der Waals surface area contributed by atoms with Gasteiger partial charge in [0, 0.05) is 19.3 Å². The molecule has 0 N–H and O–H groups in total. The first-order valence-electron chi connectivity index (χ1n) is 8.82. The van der Waals surface area contributed by atoms with Gasteiger partial charge >= 0.3 is 17.8 Å². The number of amides is 1. The lowest BCUT2D eigenvalue weighted by Crippen LogP contribution is -2.46. The van der Waals surface area contributed by atoms with Gasteiger partial charge in [-0.15, -0.1) is 0 Å². The molecule has 152 valence electrons. The van der Waals surface area contributed by atoms with E-state index in [1.54, 1.807) is 6.92 Å². The molecule has 2 aromatic rings. The number of esters is 1. The third-order valence-corrected chi connectivity index (χ3v) is 4.59. The zero-order chi connectivity index (χ0) is 20.5. The molecule has 0 aliphatic carbocycles. The highest BCUT2D eigenvalue weighted by molar-refractivity contribution is 5.78. The summed E-state index contributed by atoms with van der Waals surface area (Å²) in [6.07, 6.45) is -2.47. The molecular weight excluding hydrogens is 381 g/mol. The summed E-state index contributed by atoms with van der Waals surface area (Å²) < 4.78 is 46.1. The predicted molar refractivity (Wildman–Crippen MR) is 90.4 cm³/mol. The summed E-state index contributed by atoms with van der Waals surface area (Å²) in [4.78, 5) is 38.2. The molecule has 1 saturated heterocycles. The van der Waals surface area contributed by atoms with Crippen molar-refractivity contribution in [2.45, 2.75) is 32.5 Å². The van der Waals surface area contributed by atoms with E-state index in [2.05, 4.69) is 5.10 Å². The Kier molecular flexibility index (Phi) is 5.43. The fraction of sp³-hybridized carbons (Fsp3) is 0.529. The molecule has 1 unspecified atom stereocenters. The Balaban J connectivity index is 1.84. The number of hydrogen-bond donors (Lipinski definition) is 0. The molecule has 0 radical (unpaired) electrons. The summed E-state index contributed by atoms with van der Waals surface area (Å²) in [5.74, 6) is -1.48. The highest BCUT2D eigenvalue weighted by Gasteiger charge is 2.37. The van der Waals surface area contributed by atoms with Gasteiger partial charge in [-0.3, -0.25) is 14.0 Å². The summed E-state index contributed by atoms with van der Waals surface area (Å²) in [5.41, 5.74) is -2.46.